The van der Waals surface area contributed by atoms with Gasteiger partial charge in [-0.25, -0.2) is 9.59 Å². The van der Waals surface area contributed by atoms with Crippen LogP contribution in [0.3, 0.4) is 0 Å². The molecule has 0 saturated carbocycles. The Kier molecular flexibility index (Phi) is 8.08. The van der Waals surface area contributed by atoms with Gasteiger partial charge in [0.05, 0.1) is 14.2 Å². The fourth-order valence-corrected chi connectivity index (χ4v) is 2.21. The molecule has 1 aromatic rings. The number of carbonyl (C=O) groups excluding carboxylic acids is 3. The van der Waals surface area contributed by atoms with Crippen molar-refractivity contribution in [3.63, 3.8) is 0 Å². The fraction of sp³-hybridized carbons (Fsp3) is 0.526. The largest absolute Gasteiger partial charge is 0.497 e. The van der Waals surface area contributed by atoms with Gasteiger partial charge in [0, 0.05) is 6.42 Å². The first-order valence-electron chi connectivity index (χ1n) is 8.56. The maximum absolute atomic E-state index is 12.6. The van der Waals surface area contributed by atoms with Gasteiger partial charge in [0.2, 0.25) is 5.91 Å². The van der Waals surface area contributed by atoms with Gasteiger partial charge in [-0.15, -0.1) is 0 Å². The minimum Gasteiger partial charge on any atom is -0.497 e. The monoisotopic (exact) mass is 380 g/mol. The van der Waals surface area contributed by atoms with E-state index in [1.54, 1.807) is 52.1 Å². The highest BCUT2D eigenvalue weighted by atomic mass is 16.6. The molecule has 0 radical (unpaired) electrons. The molecule has 8 heteroatoms. The first kappa shape index (κ1) is 22.3. The highest BCUT2D eigenvalue weighted by Gasteiger charge is 2.27. The predicted molar refractivity (Wildman–Crippen MR) is 99.5 cm³/mol. The second-order valence-corrected chi connectivity index (χ2v) is 7.00. The molecule has 0 fully saturated rings. The normalized spacial score (nSPS) is 13.1. The number of benzene rings is 1. The third-order valence-electron chi connectivity index (χ3n) is 3.52. The quantitative estimate of drug-likeness (QED) is 0.700. The zero-order valence-electron chi connectivity index (χ0n) is 16.6. The van der Waals surface area contributed by atoms with E-state index in [1.165, 1.54) is 14.0 Å². The van der Waals surface area contributed by atoms with Crippen molar-refractivity contribution in [2.45, 2.75) is 51.8 Å². The number of hydrogen-bond donors (Lipinski definition) is 2. The van der Waals surface area contributed by atoms with Crippen LogP contribution >= 0.6 is 0 Å². The summed E-state index contributed by atoms with van der Waals surface area (Å²) in [5.74, 6) is -0.419. The number of rotatable bonds is 7. The molecule has 2 amide bonds. The minimum atomic E-state index is -0.930. The van der Waals surface area contributed by atoms with E-state index in [2.05, 4.69) is 15.4 Å². The summed E-state index contributed by atoms with van der Waals surface area (Å²) < 4.78 is 14.9. The molecule has 1 rings (SSSR count). The third-order valence-corrected chi connectivity index (χ3v) is 3.52. The number of amides is 2. The van der Waals surface area contributed by atoms with Crippen molar-refractivity contribution in [2.24, 2.45) is 0 Å². The summed E-state index contributed by atoms with van der Waals surface area (Å²) in [7, 11) is 2.79. The summed E-state index contributed by atoms with van der Waals surface area (Å²) in [5, 5.41) is 5.09. The van der Waals surface area contributed by atoms with Crippen molar-refractivity contribution in [3.8, 4) is 5.75 Å². The number of nitrogens with one attached hydrogen (secondary N) is 2. The van der Waals surface area contributed by atoms with Crippen molar-refractivity contribution >= 4 is 18.0 Å². The van der Waals surface area contributed by atoms with E-state index in [9.17, 15) is 14.4 Å². The van der Waals surface area contributed by atoms with Gasteiger partial charge >= 0.3 is 12.1 Å². The first-order chi connectivity index (χ1) is 12.6. The van der Waals surface area contributed by atoms with E-state index >= 15 is 0 Å². The number of alkyl carbamates (subject to hydrolysis) is 1. The van der Waals surface area contributed by atoms with Gasteiger partial charge in [-0.1, -0.05) is 12.1 Å². The molecule has 0 heterocycles. The summed E-state index contributed by atoms with van der Waals surface area (Å²) in [5.41, 5.74) is 0.0996. The molecule has 0 aliphatic heterocycles. The van der Waals surface area contributed by atoms with E-state index in [-0.39, 0.29) is 6.42 Å². The van der Waals surface area contributed by atoms with Crippen LogP contribution in [0.2, 0.25) is 0 Å². The number of methoxy groups -OCH3 is 2. The molecule has 8 nitrogen and oxygen atoms in total. The number of ether oxygens (including phenoxy) is 3. The molecule has 0 spiro atoms. The molecule has 1 aromatic carbocycles. The van der Waals surface area contributed by atoms with E-state index in [0.717, 1.165) is 5.56 Å². The van der Waals surface area contributed by atoms with Gasteiger partial charge in [-0.05, 0) is 45.4 Å². The van der Waals surface area contributed by atoms with Crippen LogP contribution in [0.4, 0.5) is 4.79 Å². The van der Waals surface area contributed by atoms with Crippen LogP contribution in [0.1, 0.15) is 33.3 Å². The molecule has 2 atom stereocenters. The Morgan fingerprint density at radius 2 is 1.63 bits per heavy atom. The fourth-order valence-electron chi connectivity index (χ4n) is 2.21. The van der Waals surface area contributed by atoms with Crippen molar-refractivity contribution in [2.75, 3.05) is 14.2 Å². The molecule has 150 valence electrons. The average Bonchev–Trinajstić information content (AvgIpc) is 2.59. The Morgan fingerprint density at radius 3 is 2.11 bits per heavy atom. The number of carbonyl (C=O) groups is 3. The molecular formula is C19H28N2O6. The van der Waals surface area contributed by atoms with Crippen molar-refractivity contribution in [3.05, 3.63) is 29.8 Å². The maximum Gasteiger partial charge on any atom is 0.408 e. The van der Waals surface area contributed by atoms with Crippen LogP contribution < -0.4 is 15.4 Å². The summed E-state index contributed by atoms with van der Waals surface area (Å²) >= 11 is 0. The number of hydrogen-bond acceptors (Lipinski definition) is 6. The zero-order valence-corrected chi connectivity index (χ0v) is 16.6. The summed E-state index contributed by atoms with van der Waals surface area (Å²) in [6.07, 6.45) is -0.509. The molecule has 2 unspecified atom stereocenters. The van der Waals surface area contributed by atoms with E-state index < -0.39 is 35.7 Å². The Hall–Kier alpha value is -2.77. The molecule has 27 heavy (non-hydrogen) atoms. The molecule has 0 saturated heterocycles. The van der Waals surface area contributed by atoms with Crippen LogP contribution in [-0.4, -0.2) is 49.9 Å². The molecule has 0 aliphatic carbocycles. The number of esters is 1. The van der Waals surface area contributed by atoms with Crippen LogP contribution in [0.25, 0.3) is 0 Å². The van der Waals surface area contributed by atoms with Crippen LogP contribution in [-0.2, 0) is 25.5 Å². The van der Waals surface area contributed by atoms with Crippen LogP contribution in [0.15, 0.2) is 24.3 Å². The van der Waals surface area contributed by atoms with E-state index in [1.807, 2.05) is 0 Å². The summed E-state index contributed by atoms with van der Waals surface area (Å²) in [6, 6.07) is 5.32. The lowest BCUT2D eigenvalue weighted by molar-refractivity contribution is -0.144. The summed E-state index contributed by atoms with van der Waals surface area (Å²) in [4.78, 5) is 36.2. The molecule has 2 N–H and O–H groups in total. The van der Waals surface area contributed by atoms with Crippen LogP contribution in [0.5, 0.6) is 5.75 Å². The first-order valence-corrected chi connectivity index (χ1v) is 8.56. The van der Waals surface area contributed by atoms with Crippen molar-refractivity contribution in [1.82, 2.24) is 10.6 Å². The SMILES string of the molecule is COC(=O)C(C)NC(=O)C(Cc1ccc(OC)cc1)NC(=O)OC(C)(C)C. The smallest absolute Gasteiger partial charge is 0.408 e. The molecule has 0 aromatic heterocycles. The predicted octanol–water partition coefficient (Wildman–Crippen LogP) is 1.81. The Bertz CT molecular complexity index is 651. The van der Waals surface area contributed by atoms with Gasteiger partial charge in [0.25, 0.3) is 0 Å². The van der Waals surface area contributed by atoms with E-state index in [0.29, 0.717) is 5.75 Å². The maximum atomic E-state index is 12.6. The van der Waals surface area contributed by atoms with Crippen molar-refractivity contribution < 1.29 is 28.6 Å². The van der Waals surface area contributed by atoms with Gasteiger partial charge in [0.1, 0.15) is 23.4 Å². The second-order valence-electron chi connectivity index (χ2n) is 7.00. The topological polar surface area (TPSA) is 103 Å². The Morgan fingerprint density at radius 1 is 1.04 bits per heavy atom. The van der Waals surface area contributed by atoms with Gasteiger partial charge in [-0.2, -0.15) is 0 Å². The highest BCUT2D eigenvalue weighted by molar-refractivity contribution is 5.89. The van der Waals surface area contributed by atoms with Gasteiger partial charge in [-0.3, -0.25) is 4.79 Å². The van der Waals surface area contributed by atoms with E-state index in [4.69, 9.17) is 9.47 Å². The second kappa shape index (κ2) is 9.80. The van der Waals surface area contributed by atoms with Crippen LogP contribution in [0, 0.1) is 0 Å². The Labute approximate surface area is 159 Å². The molecular weight excluding hydrogens is 352 g/mol. The lowest BCUT2D eigenvalue weighted by Crippen LogP contribution is -2.52. The molecule has 0 aliphatic rings. The van der Waals surface area contributed by atoms with Crippen molar-refractivity contribution in [1.29, 1.82) is 0 Å². The average molecular weight is 380 g/mol. The highest BCUT2D eigenvalue weighted by Crippen LogP contribution is 2.13. The lowest BCUT2D eigenvalue weighted by atomic mass is 10.0. The third kappa shape index (κ3) is 7.98. The van der Waals surface area contributed by atoms with Gasteiger partial charge < -0.3 is 24.8 Å². The van der Waals surface area contributed by atoms with Gasteiger partial charge in [0.15, 0.2) is 0 Å². The zero-order chi connectivity index (χ0) is 20.6. The molecule has 0 bridgehead atoms. The summed E-state index contributed by atoms with van der Waals surface area (Å²) in [6.45, 7) is 6.68. The lowest BCUT2D eigenvalue weighted by Gasteiger charge is -2.24. The standard InChI is InChI=1S/C19H28N2O6/c1-12(17(23)26-6)20-16(22)15(21-18(24)27-19(2,3)4)11-13-7-9-14(25-5)10-8-13/h7-10,12,15H,11H2,1-6H3,(H,20,22)(H,21,24). The minimum absolute atomic E-state index is 0.211. The Balaban J connectivity index is 2.91.